The highest BCUT2D eigenvalue weighted by Crippen LogP contribution is 2.55. The van der Waals surface area contributed by atoms with E-state index in [1.165, 1.54) is 69.2 Å². The monoisotopic (exact) mass is 432 g/mol. The van der Waals surface area contributed by atoms with Gasteiger partial charge in [0.15, 0.2) is 0 Å². The number of rotatable bonds is 1. The van der Waals surface area contributed by atoms with Crippen LogP contribution in [0.25, 0.3) is 0 Å². The normalized spacial score (nSPS) is 36.8. The van der Waals surface area contributed by atoms with Gasteiger partial charge in [0, 0.05) is 22.7 Å². The van der Waals surface area contributed by atoms with Crippen LogP contribution in [0.1, 0.15) is 98.3 Å². The van der Waals surface area contributed by atoms with Gasteiger partial charge in [0.2, 0.25) is 0 Å². The van der Waals surface area contributed by atoms with Gasteiger partial charge in [0.25, 0.3) is 0 Å². The van der Waals surface area contributed by atoms with E-state index < -0.39 is 0 Å². The van der Waals surface area contributed by atoms with Crippen molar-refractivity contribution in [3.8, 4) is 0 Å². The summed E-state index contributed by atoms with van der Waals surface area (Å²) in [6, 6.07) is 0.361. The Labute approximate surface area is 194 Å². The largest absolute Gasteiger partial charge is 0.318 e. The molecule has 2 fully saturated rings. The molecule has 172 valence electrons. The van der Waals surface area contributed by atoms with Gasteiger partial charge in [-0.3, -0.25) is 9.98 Å². The van der Waals surface area contributed by atoms with Crippen molar-refractivity contribution in [3.63, 3.8) is 0 Å². The summed E-state index contributed by atoms with van der Waals surface area (Å²) in [6.45, 7) is 9.26. The lowest BCUT2D eigenvalue weighted by Gasteiger charge is -2.52. The number of hydrogen-bond acceptors (Lipinski definition) is 4. The molecular formula is C28H40N4. The van der Waals surface area contributed by atoms with Crippen molar-refractivity contribution in [1.82, 2.24) is 10.2 Å². The molecule has 2 atom stereocenters. The smallest absolute Gasteiger partial charge is 0.139 e. The summed E-state index contributed by atoms with van der Waals surface area (Å²) in [5.41, 5.74) is 7.30. The van der Waals surface area contributed by atoms with Gasteiger partial charge in [-0.1, -0.05) is 12.0 Å². The SMILES string of the molecule is CC1(C)CC(N=C2C=CC3=N[C@]45CCCC[C@H]4CC4=C(CCCC4)N5C3=C2)CC(C)(C)N1. The Morgan fingerprint density at radius 3 is 2.59 bits per heavy atom. The fourth-order valence-corrected chi connectivity index (χ4v) is 7.94. The first-order valence-corrected chi connectivity index (χ1v) is 13.1. The lowest BCUT2D eigenvalue weighted by molar-refractivity contribution is 0.0498. The number of piperidine rings is 1. The van der Waals surface area contributed by atoms with Crippen molar-refractivity contribution in [2.45, 2.75) is 121 Å². The van der Waals surface area contributed by atoms with Crippen LogP contribution in [-0.4, -0.2) is 39.1 Å². The molecule has 1 N–H and O–H groups in total. The Hall–Kier alpha value is -1.68. The number of nitrogens with one attached hydrogen (secondary N) is 1. The van der Waals surface area contributed by atoms with E-state index in [0.29, 0.717) is 12.0 Å². The van der Waals surface area contributed by atoms with Gasteiger partial charge in [0.05, 0.1) is 23.2 Å². The molecule has 3 heterocycles. The second kappa shape index (κ2) is 7.16. The van der Waals surface area contributed by atoms with E-state index in [1.807, 2.05) is 0 Å². The molecule has 0 bridgehead atoms. The number of allylic oxidation sites excluding steroid dienone is 5. The van der Waals surface area contributed by atoms with E-state index in [9.17, 15) is 0 Å². The van der Waals surface area contributed by atoms with Gasteiger partial charge in [-0.25, -0.2) is 0 Å². The van der Waals surface area contributed by atoms with Gasteiger partial charge < -0.3 is 10.2 Å². The molecule has 0 aromatic carbocycles. The first kappa shape index (κ1) is 20.9. The number of aliphatic imine (C=N–C) groups is 2. The third-order valence-corrected chi connectivity index (χ3v) is 8.72. The van der Waals surface area contributed by atoms with Crippen LogP contribution in [0.3, 0.4) is 0 Å². The van der Waals surface area contributed by atoms with Gasteiger partial charge in [-0.15, -0.1) is 0 Å². The van der Waals surface area contributed by atoms with Crippen LogP contribution in [0, 0.1) is 5.92 Å². The van der Waals surface area contributed by atoms with Crippen LogP contribution < -0.4 is 5.32 Å². The number of fused-ring (bicyclic) bond motifs is 3. The zero-order valence-corrected chi connectivity index (χ0v) is 20.5. The Morgan fingerprint density at radius 1 is 1.00 bits per heavy atom. The van der Waals surface area contributed by atoms with Crippen molar-refractivity contribution in [1.29, 1.82) is 0 Å². The van der Waals surface area contributed by atoms with Crippen LogP contribution in [-0.2, 0) is 0 Å². The maximum Gasteiger partial charge on any atom is 0.139 e. The van der Waals surface area contributed by atoms with Crippen molar-refractivity contribution < 1.29 is 0 Å². The quantitative estimate of drug-likeness (QED) is 0.511. The maximum absolute atomic E-state index is 5.49. The molecule has 4 nitrogen and oxygen atoms in total. The predicted molar refractivity (Wildman–Crippen MR) is 133 cm³/mol. The van der Waals surface area contributed by atoms with E-state index in [2.05, 4.69) is 56.1 Å². The third-order valence-electron chi connectivity index (χ3n) is 8.72. The summed E-state index contributed by atoms with van der Waals surface area (Å²) in [5, 5.41) is 3.80. The molecular weight excluding hydrogens is 392 g/mol. The van der Waals surface area contributed by atoms with E-state index in [-0.39, 0.29) is 16.7 Å². The third kappa shape index (κ3) is 3.36. The Bertz CT molecular complexity index is 959. The van der Waals surface area contributed by atoms with Gasteiger partial charge in [-0.2, -0.15) is 0 Å². The summed E-state index contributed by atoms with van der Waals surface area (Å²) >= 11 is 0. The molecule has 0 aromatic rings. The topological polar surface area (TPSA) is 40.0 Å². The molecule has 0 unspecified atom stereocenters. The van der Waals surface area contributed by atoms with Crippen molar-refractivity contribution >= 4 is 11.4 Å². The molecule has 32 heavy (non-hydrogen) atoms. The highest BCUT2D eigenvalue weighted by atomic mass is 15.4. The van der Waals surface area contributed by atoms with Crippen LogP contribution in [0.5, 0.6) is 0 Å². The van der Waals surface area contributed by atoms with E-state index in [0.717, 1.165) is 18.6 Å². The zero-order chi connectivity index (χ0) is 22.1. The molecule has 0 amide bonds. The number of hydrogen-bond donors (Lipinski definition) is 1. The van der Waals surface area contributed by atoms with Crippen molar-refractivity contribution in [3.05, 3.63) is 35.2 Å². The Morgan fingerprint density at radius 2 is 1.78 bits per heavy atom. The van der Waals surface area contributed by atoms with Crippen LogP contribution in [0.2, 0.25) is 0 Å². The minimum atomic E-state index is -0.00583. The van der Waals surface area contributed by atoms with E-state index >= 15 is 0 Å². The average molecular weight is 433 g/mol. The van der Waals surface area contributed by atoms with Gasteiger partial charge in [0.1, 0.15) is 5.66 Å². The highest BCUT2D eigenvalue weighted by molar-refractivity contribution is 6.22. The lowest BCUT2D eigenvalue weighted by Crippen LogP contribution is -2.58. The summed E-state index contributed by atoms with van der Waals surface area (Å²) in [6.07, 6.45) is 20.8. The minimum absolute atomic E-state index is 0.00583. The molecule has 1 spiro atoms. The molecule has 1 saturated heterocycles. The van der Waals surface area contributed by atoms with E-state index in [1.54, 1.807) is 11.3 Å². The first-order chi connectivity index (χ1) is 15.2. The molecule has 0 aromatic heterocycles. The van der Waals surface area contributed by atoms with E-state index in [4.69, 9.17) is 9.98 Å². The minimum Gasteiger partial charge on any atom is -0.318 e. The molecule has 1 saturated carbocycles. The molecule has 0 radical (unpaired) electrons. The average Bonchev–Trinajstić information content (AvgIpc) is 3.03. The van der Waals surface area contributed by atoms with Gasteiger partial charge >= 0.3 is 0 Å². The van der Waals surface area contributed by atoms with Crippen molar-refractivity contribution in [2.75, 3.05) is 0 Å². The van der Waals surface area contributed by atoms with Crippen molar-refractivity contribution in [2.24, 2.45) is 15.9 Å². The standard InChI is InChI=1S/C28H40N4/c1-26(2)17-22(18-27(3,4)31-26)29-21-12-13-23-25(16-21)32-24-11-6-5-9-19(24)15-20-10-7-8-14-28(20,32)30-23/h12-13,16,20,22,31H,5-11,14-15,17-18H2,1-4H3/t20-,28-/m0/s1. The van der Waals surface area contributed by atoms with Gasteiger partial charge in [-0.05, 0) is 110 Å². The first-order valence-electron chi connectivity index (χ1n) is 13.1. The molecule has 6 aliphatic rings. The fourth-order valence-electron chi connectivity index (χ4n) is 7.94. The maximum atomic E-state index is 5.49. The highest BCUT2D eigenvalue weighted by Gasteiger charge is 2.55. The summed E-state index contributed by atoms with van der Waals surface area (Å²) in [5.74, 6) is 0.687. The Balaban J connectivity index is 1.38. The summed E-state index contributed by atoms with van der Waals surface area (Å²) in [4.78, 5) is 13.5. The summed E-state index contributed by atoms with van der Waals surface area (Å²) in [7, 11) is 0. The lowest BCUT2D eigenvalue weighted by atomic mass is 9.70. The van der Waals surface area contributed by atoms with Crippen LogP contribution in [0.4, 0.5) is 0 Å². The Kier molecular flexibility index (Phi) is 4.67. The van der Waals surface area contributed by atoms with Crippen LogP contribution >= 0.6 is 0 Å². The second-order valence-corrected chi connectivity index (χ2v) is 12.5. The number of nitrogens with zero attached hydrogens (tertiary/aromatic N) is 3. The molecule has 4 heteroatoms. The molecule has 3 aliphatic carbocycles. The van der Waals surface area contributed by atoms with Crippen LogP contribution in [0.15, 0.2) is 45.2 Å². The second-order valence-electron chi connectivity index (χ2n) is 12.5. The molecule has 6 rings (SSSR count). The fraction of sp³-hybridized carbons (Fsp3) is 0.714. The zero-order valence-electron chi connectivity index (χ0n) is 20.5. The molecule has 3 aliphatic heterocycles. The summed E-state index contributed by atoms with van der Waals surface area (Å²) < 4.78 is 0. The predicted octanol–water partition coefficient (Wildman–Crippen LogP) is 6.07.